The molecule has 22 heavy (non-hydrogen) atoms. The molecule has 0 N–H and O–H groups in total. The van der Waals surface area contributed by atoms with Crippen molar-refractivity contribution in [2.45, 2.75) is 12.5 Å². The third kappa shape index (κ3) is 2.78. The third-order valence-corrected chi connectivity index (χ3v) is 3.88. The Labute approximate surface area is 133 Å². The fourth-order valence-corrected chi connectivity index (χ4v) is 2.40. The van der Waals surface area contributed by atoms with Crippen LogP contribution in [0.5, 0.6) is 0 Å². The van der Waals surface area contributed by atoms with Crippen molar-refractivity contribution in [3.8, 4) is 0 Å². The summed E-state index contributed by atoms with van der Waals surface area (Å²) < 4.78 is 0. The van der Waals surface area contributed by atoms with Crippen LogP contribution >= 0.6 is 11.6 Å². The Morgan fingerprint density at radius 1 is 1.00 bits per heavy atom. The molecule has 0 radical (unpaired) electrons. The van der Waals surface area contributed by atoms with Crippen LogP contribution in [-0.4, -0.2) is 23.5 Å². The van der Waals surface area contributed by atoms with E-state index in [1.807, 2.05) is 0 Å². The zero-order valence-corrected chi connectivity index (χ0v) is 12.7. The molecule has 1 atom stereocenters. The van der Waals surface area contributed by atoms with E-state index in [-0.39, 0.29) is 5.78 Å². The molecule has 0 bridgehead atoms. The molecule has 0 fully saturated rings. The zero-order valence-electron chi connectivity index (χ0n) is 11.9. The molecular weight excluding hydrogens is 302 g/mol. The Morgan fingerprint density at radius 2 is 1.55 bits per heavy atom. The topological polar surface area (TPSA) is 54.5 Å². The average Bonchev–Trinajstić information content (AvgIpc) is 2.56. The number of carbonyl (C=O) groups is 3. The lowest BCUT2D eigenvalue weighted by Gasteiger charge is -2.34. The van der Waals surface area contributed by atoms with Gasteiger partial charge in [-0.15, -0.1) is 0 Å². The summed E-state index contributed by atoms with van der Waals surface area (Å²) in [7, 11) is 0. The SMILES string of the molecule is CC(C(=O)c1ccccc1)(c1ccc(Cl)cc1)N(C=O)C=O. The minimum atomic E-state index is -1.44. The third-order valence-electron chi connectivity index (χ3n) is 3.63. The molecule has 2 aromatic rings. The number of Topliss-reactive ketones (excluding diaryl/α,β-unsaturated/α-hetero) is 1. The summed E-state index contributed by atoms with van der Waals surface area (Å²) >= 11 is 5.87. The van der Waals surface area contributed by atoms with Crippen LogP contribution in [0.3, 0.4) is 0 Å². The number of hydrogen-bond donors (Lipinski definition) is 0. The smallest absolute Gasteiger partial charge is 0.217 e. The number of rotatable bonds is 6. The van der Waals surface area contributed by atoms with Crippen molar-refractivity contribution >= 4 is 30.2 Å². The maximum Gasteiger partial charge on any atom is 0.217 e. The van der Waals surface area contributed by atoms with Gasteiger partial charge in [-0.3, -0.25) is 19.3 Å². The van der Waals surface area contributed by atoms with E-state index < -0.39 is 5.54 Å². The molecule has 112 valence electrons. The Bertz CT molecular complexity index is 677. The van der Waals surface area contributed by atoms with Crippen LogP contribution in [0.2, 0.25) is 5.02 Å². The van der Waals surface area contributed by atoms with Gasteiger partial charge in [-0.2, -0.15) is 0 Å². The first kappa shape index (κ1) is 15.9. The number of imide groups is 1. The van der Waals surface area contributed by atoms with Crippen molar-refractivity contribution < 1.29 is 14.4 Å². The molecule has 5 heteroatoms. The molecule has 2 amide bonds. The second-order valence-electron chi connectivity index (χ2n) is 4.89. The largest absolute Gasteiger partial charge is 0.291 e. The van der Waals surface area contributed by atoms with Crippen molar-refractivity contribution in [2.24, 2.45) is 0 Å². The molecule has 2 aromatic carbocycles. The Morgan fingerprint density at radius 3 is 2.05 bits per heavy atom. The van der Waals surface area contributed by atoms with Gasteiger partial charge in [0.05, 0.1) is 0 Å². The second-order valence-corrected chi connectivity index (χ2v) is 5.33. The summed E-state index contributed by atoms with van der Waals surface area (Å²) in [6.07, 6.45) is 0.699. The highest BCUT2D eigenvalue weighted by Gasteiger charge is 2.41. The van der Waals surface area contributed by atoms with E-state index in [0.717, 1.165) is 4.90 Å². The summed E-state index contributed by atoms with van der Waals surface area (Å²) in [4.78, 5) is 36.3. The minimum absolute atomic E-state index is 0.350. The number of halogens is 1. The quantitative estimate of drug-likeness (QED) is 0.608. The van der Waals surface area contributed by atoms with Gasteiger partial charge in [0.2, 0.25) is 12.8 Å². The Balaban J connectivity index is 2.60. The van der Waals surface area contributed by atoms with Gasteiger partial charge in [-0.1, -0.05) is 54.1 Å². The summed E-state index contributed by atoms with van der Waals surface area (Å²) in [5.74, 6) is -0.352. The molecule has 0 spiro atoms. The molecule has 1 unspecified atom stereocenters. The van der Waals surface area contributed by atoms with Gasteiger partial charge in [0.1, 0.15) is 5.54 Å². The molecule has 0 aromatic heterocycles. The van der Waals surface area contributed by atoms with Gasteiger partial charge in [0, 0.05) is 10.6 Å². The fraction of sp³-hybridized carbons (Fsp3) is 0.118. The Hall–Kier alpha value is -2.46. The van der Waals surface area contributed by atoms with E-state index >= 15 is 0 Å². The van der Waals surface area contributed by atoms with Crippen molar-refractivity contribution in [1.29, 1.82) is 0 Å². The predicted molar refractivity (Wildman–Crippen MR) is 83.5 cm³/mol. The zero-order chi connectivity index (χ0) is 16.2. The maximum absolute atomic E-state index is 12.9. The average molecular weight is 316 g/mol. The number of nitrogens with zero attached hydrogens (tertiary/aromatic N) is 1. The molecule has 4 nitrogen and oxygen atoms in total. The highest BCUT2D eigenvalue weighted by Crippen LogP contribution is 2.31. The highest BCUT2D eigenvalue weighted by atomic mass is 35.5. The molecular formula is C17H14ClNO3. The van der Waals surface area contributed by atoms with Gasteiger partial charge < -0.3 is 0 Å². The van der Waals surface area contributed by atoms with Crippen LogP contribution in [0, 0.1) is 0 Å². The summed E-state index contributed by atoms with van der Waals surface area (Å²) in [6, 6.07) is 15.0. The van der Waals surface area contributed by atoms with Gasteiger partial charge >= 0.3 is 0 Å². The molecule has 2 rings (SSSR count). The molecule has 0 saturated carbocycles. The molecule has 0 aliphatic rings. The van der Waals surface area contributed by atoms with Crippen molar-refractivity contribution in [3.63, 3.8) is 0 Å². The highest BCUT2D eigenvalue weighted by molar-refractivity contribution is 6.30. The van der Waals surface area contributed by atoms with Gasteiger partial charge in [-0.25, -0.2) is 0 Å². The monoisotopic (exact) mass is 315 g/mol. The summed E-state index contributed by atoms with van der Waals surface area (Å²) in [5.41, 5.74) is -0.520. The number of ketones is 1. The molecule has 0 aliphatic carbocycles. The van der Waals surface area contributed by atoms with E-state index in [9.17, 15) is 14.4 Å². The first-order valence-electron chi connectivity index (χ1n) is 6.59. The lowest BCUT2D eigenvalue weighted by molar-refractivity contribution is -0.134. The normalized spacial score (nSPS) is 13.0. The lowest BCUT2D eigenvalue weighted by Crippen LogP contribution is -2.48. The first-order valence-corrected chi connectivity index (χ1v) is 6.96. The fourth-order valence-electron chi connectivity index (χ4n) is 2.28. The number of amides is 2. The standard InChI is InChI=1S/C17H14ClNO3/c1-17(19(11-20)12-21,14-7-9-15(18)10-8-14)16(22)13-5-3-2-4-6-13/h2-12H,1H3. The van der Waals surface area contributed by atoms with Gasteiger partial charge in [-0.05, 0) is 24.6 Å². The number of benzene rings is 2. The number of carbonyl (C=O) groups excluding carboxylic acids is 3. The molecule has 0 heterocycles. The predicted octanol–water partition coefficient (Wildman–Crippen LogP) is 3.05. The van der Waals surface area contributed by atoms with Crippen LogP contribution in [0.15, 0.2) is 54.6 Å². The van der Waals surface area contributed by atoms with Crippen LogP contribution < -0.4 is 0 Å². The van der Waals surface area contributed by atoms with Crippen molar-refractivity contribution in [2.75, 3.05) is 0 Å². The summed E-state index contributed by atoms with van der Waals surface area (Å²) in [6.45, 7) is 1.54. The minimum Gasteiger partial charge on any atom is -0.291 e. The van der Waals surface area contributed by atoms with Crippen molar-refractivity contribution in [3.05, 3.63) is 70.7 Å². The molecule has 0 saturated heterocycles. The van der Waals surface area contributed by atoms with Crippen LogP contribution in [0.25, 0.3) is 0 Å². The van der Waals surface area contributed by atoms with E-state index in [4.69, 9.17) is 11.6 Å². The molecule has 0 aliphatic heterocycles. The van der Waals surface area contributed by atoms with E-state index in [2.05, 4.69) is 0 Å². The van der Waals surface area contributed by atoms with E-state index in [0.29, 0.717) is 29.0 Å². The van der Waals surface area contributed by atoms with Gasteiger partial charge in [0.25, 0.3) is 0 Å². The van der Waals surface area contributed by atoms with Crippen LogP contribution in [0.1, 0.15) is 22.8 Å². The maximum atomic E-state index is 12.9. The summed E-state index contributed by atoms with van der Waals surface area (Å²) in [5, 5.41) is 0.502. The Kier molecular flexibility index (Phi) is 4.73. The van der Waals surface area contributed by atoms with Crippen molar-refractivity contribution in [1.82, 2.24) is 4.90 Å². The van der Waals surface area contributed by atoms with E-state index in [1.165, 1.54) is 6.92 Å². The van der Waals surface area contributed by atoms with E-state index in [1.54, 1.807) is 54.6 Å². The second kappa shape index (κ2) is 6.54. The van der Waals surface area contributed by atoms with Crippen LogP contribution in [-0.2, 0) is 15.1 Å². The van der Waals surface area contributed by atoms with Crippen LogP contribution in [0.4, 0.5) is 0 Å². The lowest BCUT2D eigenvalue weighted by atomic mass is 9.83. The van der Waals surface area contributed by atoms with Gasteiger partial charge in [0.15, 0.2) is 5.78 Å². The number of hydrogen-bond acceptors (Lipinski definition) is 3. The first-order chi connectivity index (χ1) is 10.5.